The van der Waals surface area contributed by atoms with Crippen molar-refractivity contribution in [2.75, 3.05) is 13.1 Å². The molecule has 1 atom stereocenters. The van der Waals surface area contributed by atoms with Crippen molar-refractivity contribution in [1.29, 1.82) is 0 Å². The van der Waals surface area contributed by atoms with E-state index in [2.05, 4.69) is 45.2 Å². The molecule has 18 heavy (non-hydrogen) atoms. The summed E-state index contributed by atoms with van der Waals surface area (Å²) in [7, 11) is 2.12. The van der Waals surface area contributed by atoms with E-state index < -0.39 is 0 Å². The third-order valence-corrected chi connectivity index (χ3v) is 4.68. The lowest BCUT2D eigenvalue weighted by molar-refractivity contribution is 0.196. The Morgan fingerprint density at radius 3 is 3.17 bits per heavy atom. The highest BCUT2D eigenvalue weighted by atomic mass is 32.1. The molecule has 1 saturated heterocycles. The molecule has 0 spiro atoms. The van der Waals surface area contributed by atoms with Gasteiger partial charge in [-0.1, -0.05) is 0 Å². The zero-order valence-electron chi connectivity index (χ0n) is 10.7. The summed E-state index contributed by atoms with van der Waals surface area (Å²) < 4.78 is 2.22. The summed E-state index contributed by atoms with van der Waals surface area (Å²) in [6, 6.07) is 4.34. The van der Waals surface area contributed by atoms with Crippen LogP contribution in [0.15, 0.2) is 29.9 Å². The maximum atomic E-state index is 4.48. The first kappa shape index (κ1) is 11.9. The molecule has 1 aliphatic rings. The van der Waals surface area contributed by atoms with E-state index in [1.165, 1.54) is 30.1 Å². The highest BCUT2D eigenvalue weighted by Gasteiger charge is 2.23. The summed E-state index contributed by atoms with van der Waals surface area (Å²) in [5, 5.41) is 3.40. The molecular formula is C14H19N3S. The van der Waals surface area contributed by atoms with E-state index in [0.717, 1.165) is 13.1 Å². The average molecular weight is 261 g/mol. The van der Waals surface area contributed by atoms with Crippen LogP contribution in [0.25, 0.3) is 0 Å². The SMILES string of the molecule is Cn1cccc1CN1CCC[C@@H](c2nccs2)C1. The zero-order valence-corrected chi connectivity index (χ0v) is 11.6. The van der Waals surface area contributed by atoms with Crippen LogP contribution in [0.4, 0.5) is 0 Å². The predicted octanol–water partition coefficient (Wildman–Crippen LogP) is 2.86. The Kier molecular flexibility index (Phi) is 3.48. The van der Waals surface area contributed by atoms with Gasteiger partial charge in [-0.25, -0.2) is 4.98 Å². The fourth-order valence-corrected chi connectivity index (χ4v) is 3.49. The van der Waals surface area contributed by atoms with Gasteiger partial charge in [0.1, 0.15) is 0 Å². The van der Waals surface area contributed by atoms with Gasteiger partial charge in [0, 0.05) is 49.5 Å². The van der Waals surface area contributed by atoms with Gasteiger partial charge < -0.3 is 4.57 Å². The second kappa shape index (κ2) is 5.24. The molecule has 0 bridgehead atoms. The normalized spacial score (nSPS) is 21.3. The predicted molar refractivity (Wildman–Crippen MR) is 74.8 cm³/mol. The summed E-state index contributed by atoms with van der Waals surface area (Å²) >= 11 is 1.80. The Bertz CT molecular complexity index is 489. The van der Waals surface area contributed by atoms with E-state index in [-0.39, 0.29) is 0 Å². The van der Waals surface area contributed by atoms with Crippen LogP contribution in [0.5, 0.6) is 0 Å². The van der Waals surface area contributed by atoms with E-state index >= 15 is 0 Å². The van der Waals surface area contributed by atoms with E-state index in [1.807, 2.05) is 6.20 Å². The van der Waals surface area contributed by atoms with Gasteiger partial charge in [-0.05, 0) is 31.5 Å². The second-order valence-corrected chi connectivity index (χ2v) is 5.98. The minimum atomic E-state index is 0.638. The molecule has 3 nitrogen and oxygen atoms in total. The highest BCUT2D eigenvalue weighted by molar-refractivity contribution is 7.09. The zero-order chi connectivity index (χ0) is 12.4. The minimum Gasteiger partial charge on any atom is -0.353 e. The molecule has 1 fully saturated rings. The number of nitrogens with zero attached hydrogens (tertiary/aromatic N) is 3. The molecule has 3 rings (SSSR count). The number of likely N-dealkylation sites (tertiary alicyclic amines) is 1. The Hall–Kier alpha value is -1.13. The van der Waals surface area contributed by atoms with Crippen molar-refractivity contribution in [2.24, 2.45) is 7.05 Å². The van der Waals surface area contributed by atoms with Crippen LogP contribution in [0.2, 0.25) is 0 Å². The molecule has 1 aliphatic heterocycles. The first-order chi connectivity index (χ1) is 8.83. The molecule has 0 radical (unpaired) electrons. The lowest BCUT2D eigenvalue weighted by atomic mass is 9.98. The topological polar surface area (TPSA) is 21.1 Å². The van der Waals surface area contributed by atoms with Crippen molar-refractivity contribution in [3.05, 3.63) is 40.6 Å². The second-order valence-electron chi connectivity index (χ2n) is 5.06. The van der Waals surface area contributed by atoms with Crippen LogP contribution < -0.4 is 0 Å². The first-order valence-electron chi connectivity index (χ1n) is 6.55. The molecule has 96 valence electrons. The van der Waals surface area contributed by atoms with Crippen molar-refractivity contribution >= 4 is 11.3 Å². The number of aryl methyl sites for hydroxylation is 1. The fourth-order valence-electron chi connectivity index (χ4n) is 2.73. The number of piperidine rings is 1. The van der Waals surface area contributed by atoms with Crippen molar-refractivity contribution in [1.82, 2.24) is 14.5 Å². The maximum Gasteiger partial charge on any atom is 0.0968 e. The van der Waals surface area contributed by atoms with Gasteiger partial charge >= 0.3 is 0 Å². The number of hydrogen-bond acceptors (Lipinski definition) is 3. The Morgan fingerprint density at radius 1 is 1.50 bits per heavy atom. The van der Waals surface area contributed by atoms with Crippen LogP contribution in [0.1, 0.15) is 29.5 Å². The Morgan fingerprint density at radius 2 is 2.44 bits per heavy atom. The van der Waals surface area contributed by atoms with Gasteiger partial charge in [-0.2, -0.15) is 0 Å². The van der Waals surface area contributed by atoms with Gasteiger partial charge in [-0.15, -0.1) is 11.3 Å². The van der Waals surface area contributed by atoms with Gasteiger partial charge in [-0.3, -0.25) is 4.90 Å². The number of aromatic nitrogens is 2. The Balaban J connectivity index is 1.66. The molecule has 4 heteroatoms. The van der Waals surface area contributed by atoms with Crippen LogP contribution in [0, 0.1) is 0 Å². The molecule has 0 unspecified atom stereocenters. The summed E-state index contributed by atoms with van der Waals surface area (Å²) in [5.74, 6) is 0.638. The van der Waals surface area contributed by atoms with Crippen molar-refractivity contribution < 1.29 is 0 Å². The summed E-state index contributed by atoms with van der Waals surface area (Å²) in [6.45, 7) is 3.43. The quantitative estimate of drug-likeness (QED) is 0.847. The maximum absolute atomic E-state index is 4.48. The van der Waals surface area contributed by atoms with Gasteiger partial charge in [0.25, 0.3) is 0 Å². The van der Waals surface area contributed by atoms with E-state index in [4.69, 9.17) is 0 Å². The van der Waals surface area contributed by atoms with E-state index in [1.54, 1.807) is 11.3 Å². The number of rotatable bonds is 3. The smallest absolute Gasteiger partial charge is 0.0968 e. The van der Waals surface area contributed by atoms with Crippen LogP contribution in [-0.4, -0.2) is 27.5 Å². The Labute approximate surface area is 112 Å². The molecule has 2 aromatic rings. The largest absolute Gasteiger partial charge is 0.353 e. The fraction of sp³-hybridized carbons (Fsp3) is 0.500. The molecular weight excluding hydrogens is 242 g/mol. The van der Waals surface area contributed by atoms with E-state index in [0.29, 0.717) is 5.92 Å². The molecule has 0 aromatic carbocycles. The van der Waals surface area contributed by atoms with Crippen molar-refractivity contribution in [3.8, 4) is 0 Å². The van der Waals surface area contributed by atoms with Crippen LogP contribution >= 0.6 is 11.3 Å². The van der Waals surface area contributed by atoms with Crippen molar-refractivity contribution in [3.63, 3.8) is 0 Å². The lowest BCUT2D eigenvalue weighted by Crippen LogP contribution is -2.34. The van der Waals surface area contributed by atoms with E-state index in [9.17, 15) is 0 Å². The monoisotopic (exact) mass is 261 g/mol. The lowest BCUT2D eigenvalue weighted by Gasteiger charge is -2.31. The molecule has 0 aliphatic carbocycles. The summed E-state index contributed by atoms with van der Waals surface area (Å²) in [5.41, 5.74) is 1.40. The molecule has 3 heterocycles. The van der Waals surface area contributed by atoms with Gasteiger partial charge in [0.05, 0.1) is 5.01 Å². The van der Waals surface area contributed by atoms with Crippen LogP contribution in [0.3, 0.4) is 0 Å². The van der Waals surface area contributed by atoms with Gasteiger partial charge in [0.2, 0.25) is 0 Å². The standard InChI is InChI=1S/C14H19N3S/c1-16-7-3-5-13(16)11-17-8-2-4-12(10-17)14-15-6-9-18-14/h3,5-7,9,12H,2,4,8,10-11H2,1H3/t12-/m1/s1. The molecule has 2 aromatic heterocycles. The number of thiazole rings is 1. The summed E-state index contributed by atoms with van der Waals surface area (Å²) in [4.78, 5) is 7.04. The van der Waals surface area contributed by atoms with Gasteiger partial charge in [0.15, 0.2) is 0 Å². The molecule has 0 N–H and O–H groups in total. The summed E-state index contributed by atoms with van der Waals surface area (Å²) in [6.07, 6.45) is 6.62. The highest BCUT2D eigenvalue weighted by Crippen LogP contribution is 2.28. The van der Waals surface area contributed by atoms with Crippen LogP contribution in [-0.2, 0) is 13.6 Å². The molecule has 0 amide bonds. The third-order valence-electron chi connectivity index (χ3n) is 3.74. The molecule has 0 saturated carbocycles. The third kappa shape index (κ3) is 2.49. The van der Waals surface area contributed by atoms with Crippen molar-refractivity contribution in [2.45, 2.75) is 25.3 Å². The average Bonchev–Trinajstić information content (AvgIpc) is 3.02. The first-order valence-corrected chi connectivity index (χ1v) is 7.43. The minimum absolute atomic E-state index is 0.638. The number of hydrogen-bond donors (Lipinski definition) is 0.